The zero-order valence-electron chi connectivity index (χ0n) is 3.44. The number of hydrogen-bond donors (Lipinski definition) is 0. The van der Waals surface area contributed by atoms with Gasteiger partial charge in [-0.1, -0.05) is 23.2 Å². The molecule has 0 fully saturated rings. The van der Waals surface area contributed by atoms with Crippen LogP contribution in [0.1, 0.15) is 0 Å². The fourth-order valence-corrected chi connectivity index (χ4v) is 0.768. The molecule has 0 aromatic carbocycles. The third kappa shape index (κ3) is 1.18. The van der Waals surface area contributed by atoms with Crippen LogP contribution in [-0.4, -0.2) is 10.7 Å². The fourth-order valence-electron chi connectivity index (χ4n) is 0.363. The highest BCUT2D eigenvalue weighted by molar-refractivity contribution is 6.69. The SMILES string of the molecule is ClC1=NC(Cl)C=C1. The molecule has 1 unspecified atom stereocenters. The van der Waals surface area contributed by atoms with Crippen molar-refractivity contribution < 1.29 is 0 Å². The highest BCUT2D eigenvalue weighted by Crippen LogP contribution is 2.09. The maximum Gasteiger partial charge on any atom is 0.144 e. The van der Waals surface area contributed by atoms with E-state index < -0.39 is 0 Å². The van der Waals surface area contributed by atoms with Crippen molar-refractivity contribution in [3.63, 3.8) is 0 Å². The standard InChI is InChI=1S/C4H3Cl2N/c5-3-1-2-4(6)7-3/h1-3H. The molecular formula is C4H3Cl2N. The van der Waals surface area contributed by atoms with Crippen LogP contribution in [0.2, 0.25) is 0 Å². The number of nitrogens with zero attached hydrogens (tertiary/aromatic N) is 1. The van der Waals surface area contributed by atoms with E-state index in [0.29, 0.717) is 5.17 Å². The van der Waals surface area contributed by atoms with Crippen molar-refractivity contribution in [1.82, 2.24) is 0 Å². The van der Waals surface area contributed by atoms with Gasteiger partial charge < -0.3 is 0 Å². The Morgan fingerprint density at radius 1 is 1.71 bits per heavy atom. The molecule has 7 heavy (non-hydrogen) atoms. The van der Waals surface area contributed by atoms with E-state index in [1.165, 1.54) is 0 Å². The van der Waals surface area contributed by atoms with Crippen LogP contribution in [0.5, 0.6) is 0 Å². The van der Waals surface area contributed by atoms with Gasteiger partial charge in [-0.2, -0.15) is 0 Å². The van der Waals surface area contributed by atoms with Crippen molar-refractivity contribution in [2.75, 3.05) is 0 Å². The Morgan fingerprint density at radius 2 is 2.43 bits per heavy atom. The number of halogens is 2. The smallest absolute Gasteiger partial charge is 0.144 e. The zero-order valence-corrected chi connectivity index (χ0v) is 4.95. The third-order valence-corrected chi connectivity index (χ3v) is 1.11. The minimum atomic E-state index is -0.229. The second kappa shape index (κ2) is 1.85. The molecule has 0 saturated carbocycles. The molecule has 0 bridgehead atoms. The molecule has 0 amide bonds. The van der Waals surface area contributed by atoms with Crippen molar-refractivity contribution in [2.45, 2.75) is 5.50 Å². The number of alkyl halides is 1. The lowest BCUT2D eigenvalue weighted by atomic mass is 10.6. The summed E-state index contributed by atoms with van der Waals surface area (Å²) in [5, 5.41) is 0.486. The van der Waals surface area contributed by atoms with Crippen LogP contribution in [0, 0.1) is 0 Å². The van der Waals surface area contributed by atoms with Crippen LogP contribution in [0.25, 0.3) is 0 Å². The predicted molar refractivity (Wildman–Crippen MR) is 32.1 cm³/mol. The van der Waals surface area contributed by atoms with Gasteiger partial charge in [0, 0.05) is 0 Å². The van der Waals surface area contributed by atoms with Gasteiger partial charge in [0.1, 0.15) is 10.7 Å². The van der Waals surface area contributed by atoms with Gasteiger partial charge in [0.2, 0.25) is 0 Å². The van der Waals surface area contributed by atoms with Gasteiger partial charge in [-0.25, -0.2) is 4.99 Å². The largest absolute Gasteiger partial charge is 0.249 e. The molecule has 0 aromatic rings. The maximum atomic E-state index is 5.45. The van der Waals surface area contributed by atoms with Crippen molar-refractivity contribution >= 4 is 28.4 Å². The first kappa shape index (κ1) is 5.13. The van der Waals surface area contributed by atoms with Crippen molar-refractivity contribution in [2.24, 2.45) is 4.99 Å². The van der Waals surface area contributed by atoms with Crippen LogP contribution in [-0.2, 0) is 0 Å². The quantitative estimate of drug-likeness (QED) is 0.355. The van der Waals surface area contributed by atoms with Crippen LogP contribution in [0.15, 0.2) is 17.1 Å². The minimum Gasteiger partial charge on any atom is -0.249 e. The Morgan fingerprint density at radius 3 is 2.57 bits per heavy atom. The monoisotopic (exact) mass is 135 g/mol. The molecule has 1 atom stereocenters. The summed E-state index contributed by atoms with van der Waals surface area (Å²) >= 11 is 10.8. The molecule has 3 heteroatoms. The summed E-state index contributed by atoms with van der Waals surface area (Å²) in [5.41, 5.74) is -0.229. The molecule has 0 N–H and O–H groups in total. The second-order valence-corrected chi connectivity index (χ2v) is 2.02. The molecule has 1 aliphatic heterocycles. The third-order valence-electron chi connectivity index (χ3n) is 0.639. The molecule has 1 heterocycles. The number of aliphatic imine (C=N–C) groups is 1. The highest BCUT2D eigenvalue weighted by atomic mass is 35.5. The van der Waals surface area contributed by atoms with Crippen LogP contribution < -0.4 is 0 Å². The average Bonchev–Trinajstić information content (AvgIpc) is 1.87. The van der Waals surface area contributed by atoms with Crippen molar-refractivity contribution in [1.29, 1.82) is 0 Å². The van der Waals surface area contributed by atoms with E-state index in [2.05, 4.69) is 4.99 Å². The summed E-state index contributed by atoms with van der Waals surface area (Å²) < 4.78 is 0. The molecule has 1 aliphatic rings. The lowest BCUT2D eigenvalue weighted by Gasteiger charge is -1.82. The lowest BCUT2D eigenvalue weighted by Crippen LogP contribution is -1.79. The van der Waals surface area contributed by atoms with E-state index in [1.807, 2.05) is 0 Å². The first-order valence-electron chi connectivity index (χ1n) is 1.84. The van der Waals surface area contributed by atoms with Crippen LogP contribution in [0.4, 0.5) is 0 Å². The minimum absolute atomic E-state index is 0.229. The second-order valence-electron chi connectivity index (χ2n) is 1.18. The van der Waals surface area contributed by atoms with Crippen molar-refractivity contribution in [3.8, 4) is 0 Å². The highest BCUT2D eigenvalue weighted by Gasteiger charge is 2.02. The summed E-state index contributed by atoms with van der Waals surface area (Å²) in [6.45, 7) is 0. The van der Waals surface area contributed by atoms with Gasteiger partial charge in [-0.15, -0.1) is 0 Å². The van der Waals surface area contributed by atoms with E-state index in [4.69, 9.17) is 23.2 Å². The topological polar surface area (TPSA) is 12.4 Å². The fraction of sp³-hybridized carbons (Fsp3) is 0.250. The van der Waals surface area contributed by atoms with Gasteiger partial charge in [0.25, 0.3) is 0 Å². The maximum absolute atomic E-state index is 5.45. The van der Waals surface area contributed by atoms with E-state index >= 15 is 0 Å². The Bertz CT molecular complexity index is 128. The first-order chi connectivity index (χ1) is 3.29. The first-order valence-corrected chi connectivity index (χ1v) is 2.66. The molecular weight excluding hydrogens is 133 g/mol. The molecule has 0 radical (unpaired) electrons. The zero-order chi connectivity index (χ0) is 5.28. The molecule has 0 spiro atoms. The van der Waals surface area contributed by atoms with E-state index in [9.17, 15) is 0 Å². The van der Waals surface area contributed by atoms with Gasteiger partial charge in [-0.05, 0) is 12.2 Å². The Balaban J connectivity index is 2.69. The summed E-state index contributed by atoms with van der Waals surface area (Å²) in [6, 6.07) is 0. The van der Waals surface area contributed by atoms with Gasteiger partial charge >= 0.3 is 0 Å². The molecule has 0 aliphatic carbocycles. The summed E-state index contributed by atoms with van der Waals surface area (Å²) in [5.74, 6) is 0. The Labute approximate surface area is 51.6 Å². The number of allylic oxidation sites excluding steroid dienone is 1. The molecule has 38 valence electrons. The van der Waals surface area contributed by atoms with Crippen molar-refractivity contribution in [3.05, 3.63) is 12.2 Å². The number of hydrogen-bond acceptors (Lipinski definition) is 1. The summed E-state index contributed by atoms with van der Waals surface area (Å²) in [6.07, 6.45) is 3.41. The van der Waals surface area contributed by atoms with Crippen LogP contribution >= 0.6 is 23.2 Å². The summed E-state index contributed by atoms with van der Waals surface area (Å²) in [4.78, 5) is 3.73. The van der Waals surface area contributed by atoms with E-state index in [0.717, 1.165) is 0 Å². The number of rotatable bonds is 0. The lowest BCUT2D eigenvalue weighted by molar-refractivity contribution is 1.18. The summed E-state index contributed by atoms with van der Waals surface area (Å²) in [7, 11) is 0. The van der Waals surface area contributed by atoms with E-state index in [-0.39, 0.29) is 5.50 Å². The molecule has 0 aromatic heterocycles. The van der Waals surface area contributed by atoms with Gasteiger partial charge in [-0.3, -0.25) is 0 Å². The van der Waals surface area contributed by atoms with Crippen LogP contribution in [0.3, 0.4) is 0 Å². The predicted octanol–water partition coefficient (Wildman–Crippen LogP) is 1.76. The van der Waals surface area contributed by atoms with Gasteiger partial charge in [0.05, 0.1) is 0 Å². The molecule has 0 saturated heterocycles. The van der Waals surface area contributed by atoms with Gasteiger partial charge in [0.15, 0.2) is 0 Å². The Hall–Kier alpha value is -0.0100. The molecule has 1 rings (SSSR count). The molecule has 1 nitrogen and oxygen atoms in total. The Kier molecular flexibility index (Phi) is 1.35. The normalized spacial score (nSPS) is 28.3. The van der Waals surface area contributed by atoms with E-state index in [1.54, 1.807) is 12.2 Å². The average molecular weight is 136 g/mol.